The Bertz CT molecular complexity index is 62.1. The predicted molar refractivity (Wildman–Crippen MR) is 53.2 cm³/mol. The molecule has 0 saturated heterocycles. The zero-order valence-corrected chi connectivity index (χ0v) is 9.61. The Kier molecular flexibility index (Phi) is 18.0. The average molecular weight is 191 g/mol. The molecule has 0 amide bonds. The molecule has 0 heterocycles. The fourth-order valence-electron chi connectivity index (χ4n) is 0.937. The Morgan fingerprint density at radius 3 is 2.18 bits per heavy atom. The van der Waals surface area contributed by atoms with Crippen molar-refractivity contribution in [3.63, 3.8) is 0 Å². The van der Waals surface area contributed by atoms with Gasteiger partial charge in [0.05, 0.1) is 18.5 Å². The molecular weight excluding hydrogens is 172 g/mol. The third-order valence-corrected chi connectivity index (χ3v) is 1.73. The zero-order chi connectivity index (χ0) is 7.66. The van der Waals surface area contributed by atoms with Crippen LogP contribution in [0.4, 0.5) is 0 Å². The molecule has 0 fully saturated rings. The van der Waals surface area contributed by atoms with Crippen LogP contribution in [0.5, 0.6) is 0 Å². The maximum absolute atomic E-state index is 5.04. The second kappa shape index (κ2) is 13.6. The van der Waals surface area contributed by atoms with E-state index in [1.807, 2.05) is 0 Å². The first kappa shape index (κ1) is 14.5. The van der Waals surface area contributed by atoms with Gasteiger partial charge in [-0.15, -0.1) is 0 Å². The van der Waals surface area contributed by atoms with E-state index in [1.54, 1.807) is 0 Å². The Labute approximate surface area is 94.1 Å². The average Bonchev–Trinajstić information content (AvgIpc) is 1.97. The van der Waals surface area contributed by atoms with E-state index < -0.39 is 0 Å². The van der Waals surface area contributed by atoms with Gasteiger partial charge in [-0.3, -0.25) is 4.29 Å². The Morgan fingerprint density at radius 1 is 1.09 bits per heavy atom. The molecule has 11 heavy (non-hydrogen) atoms. The molecule has 0 rings (SSSR count). The van der Waals surface area contributed by atoms with Gasteiger partial charge in [-0.25, -0.2) is 0 Å². The summed E-state index contributed by atoms with van der Waals surface area (Å²) in [5.41, 5.74) is 0. The van der Waals surface area contributed by atoms with Crippen molar-refractivity contribution in [1.82, 2.24) is 0 Å². The fourth-order valence-corrected chi connectivity index (χ4v) is 1.05. The van der Waals surface area contributed by atoms with E-state index in [0.717, 1.165) is 6.42 Å². The largest absolute Gasteiger partial charge is 2.00 e. The third kappa shape index (κ3) is 13.9. The van der Waals surface area contributed by atoms with Gasteiger partial charge in [0.1, 0.15) is 0 Å². The maximum atomic E-state index is 5.04. The topological polar surface area (TPSA) is 9.23 Å². The van der Waals surface area contributed by atoms with E-state index in [-0.39, 0.29) is 25.9 Å². The molecule has 0 atom stereocenters. The van der Waals surface area contributed by atoms with E-state index in [9.17, 15) is 0 Å². The predicted octanol–water partition coefficient (Wildman–Crippen LogP) is 3.36. The second-order valence-electron chi connectivity index (χ2n) is 2.58. The van der Waals surface area contributed by atoms with Gasteiger partial charge < -0.3 is 2.85 Å². The molecule has 0 aromatic rings. The van der Waals surface area contributed by atoms with Crippen LogP contribution in [0.15, 0.2) is 0 Å². The van der Waals surface area contributed by atoms with E-state index in [0.29, 0.717) is 6.61 Å². The normalized spacial score (nSPS) is 9.27. The van der Waals surface area contributed by atoms with Gasteiger partial charge in [-0.1, -0.05) is 39.0 Å². The molecule has 0 aliphatic heterocycles. The maximum Gasteiger partial charge on any atom is 2.00 e. The van der Waals surface area contributed by atoms with Crippen LogP contribution in [-0.4, -0.2) is 29.7 Å². The number of hydrogen-bond donors (Lipinski definition) is 0. The molecule has 0 aromatic carbocycles. The van der Waals surface area contributed by atoms with Crippen LogP contribution < -0.4 is 0 Å². The molecule has 0 aliphatic carbocycles. The number of unbranched alkanes of at least 4 members (excludes halogenated alkanes) is 5. The summed E-state index contributed by atoms with van der Waals surface area (Å²) in [6.07, 6.45) is 7.72. The molecule has 0 radical (unpaired) electrons. The van der Waals surface area contributed by atoms with Crippen LogP contribution in [0.1, 0.15) is 48.3 Å². The van der Waals surface area contributed by atoms with Gasteiger partial charge in [0.15, 0.2) is 0 Å². The molecule has 0 spiro atoms. The SMILES string of the molecule is CCCCCCCCOCl.[H-].[H-].[Mg+2]. The summed E-state index contributed by atoms with van der Waals surface area (Å²) in [5, 5.41) is 0. The van der Waals surface area contributed by atoms with Crippen LogP contribution in [0.3, 0.4) is 0 Å². The molecule has 0 saturated carbocycles. The fraction of sp³-hybridized carbons (Fsp3) is 1.00. The second-order valence-corrected chi connectivity index (χ2v) is 2.80. The van der Waals surface area contributed by atoms with Crippen LogP contribution in [0.2, 0.25) is 0 Å². The first-order valence-electron chi connectivity index (χ1n) is 4.15. The molecule has 66 valence electrons. The Balaban J connectivity index is -0.000000135. The molecular formula is C8H19ClMgO. The van der Waals surface area contributed by atoms with Crippen molar-refractivity contribution in [2.75, 3.05) is 6.61 Å². The molecule has 1 nitrogen and oxygen atoms in total. The summed E-state index contributed by atoms with van der Waals surface area (Å²) in [6.45, 7) is 2.93. The van der Waals surface area contributed by atoms with E-state index in [2.05, 4.69) is 11.2 Å². The van der Waals surface area contributed by atoms with Gasteiger partial charge in [0.2, 0.25) is 0 Å². The van der Waals surface area contributed by atoms with Crippen LogP contribution in [0.25, 0.3) is 0 Å². The van der Waals surface area contributed by atoms with Gasteiger partial charge in [-0.05, 0) is 6.42 Å². The smallest absolute Gasteiger partial charge is 1.00 e. The molecule has 0 bridgehead atoms. The van der Waals surface area contributed by atoms with Crippen LogP contribution in [0, 0.1) is 0 Å². The number of rotatable bonds is 7. The van der Waals surface area contributed by atoms with Crippen molar-refractivity contribution in [3.05, 3.63) is 0 Å². The van der Waals surface area contributed by atoms with Gasteiger partial charge >= 0.3 is 23.1 Å². The first-order chi connectivity index (χ1) is 4.91. The van der Waals surface area contributed by atoms with Crippen molar-refractivity contribution < 1.29 is 7.14 Å². The summed E-state index contributed by atoms with van der Waals surface area (Å²) >= 11 is 5.04. The van der Waals surface area contributed by atoms with Crippen LogP contribution >= 0.6 is 11.9 Å². The quantitative estimate of drug-likeness (QED) is 0.442. The van der Waals surface area contributed by atoms with Crippen molar-refractivity contribution in [2.45, 2.75) is 45.4 Å². The monoisotopic (exact) mass is 190 g/mol. The molecule has 0 N–H and O–H groups in total. The summed E-state index contributed by atoms with van der Waals surface area (Å²) in [7, 11) is 0. The molecule has 0 aliphatic rings. The molecule has 0 unspecified atom stereocenters. The molecule has 0 aromatic heterocycles. The molecule has 3 heteroatoms. The third-order valence-electron chi connectivity index (χ3n) is 1.58. The zero-order valence-electron chi connectivity index (χ0n) is 9.44. The van der Waals surface area contributed by atoms with Crippen LogP contribution in [-0.2, 0) is 4.29 Å². The van der Waals surface area contributed by atoms with Gasteiger partial charge in [0, 0.05) is 0 Å². The minimum atomic E-state index is 0. The summed E-state index contributed by atoms with van der Waals surface area (Å²) in [6, 6.07) is 0. The standard InChI is InChI=1S/C8H17ClO.Mg.2H/c1-2-3-4-5-6-7-8-10-9;;;/h2-8H2,1H3;;;/q;+2;2*-1. The Morgan fingerprint density at radius 2 is 1.64 bits per heavy atom. The minimum absolute atomic E-state index is 0. The summed E-state index contributed by atoms with van der Waals surface area (Å²) in [5.74, 6) is 0. The van der Waals surface area contributed by atoms with Gasteiger partial charge in [0.25, 0.3) is 0 Å². The Hall–Kier alpha value is 1.02. The number of halogens is 1. The van der Waals surface area contributed by atoms with Crippen molar-refractivity contribution in [2.24, 2.45) is 0 Å². The summed E-state index contributed by atoms with van der Waals surface area (Å²) < 4.78 is 4.42. The summed E-state index contributed by atoms with van der Waals surface area (Å²) in [4.78, 5) is 0. The minimum Gasteiger partial charge on any atom is -1.00 e. The number of hydrogen-bond acceptors (Lipinski definition) is 1. The van der Waals surface area contributed by atoms with Crippen molar-refractivity contribution >= 4 is 34.9 Å². The van der Waals surface area contributed by atoms with E-state index >= 15 is 0 Å². The van der Waals surface area contributed by atoms with Crippen molar-refractivity contribution in [3.8, 4) is 0 Å². The first-order valence-corrected chi connectivity index (χ1v) is 4.46. The van der Waals surface area contributed by atoms with Crippen molar-refractivity contribution in [1.29, 1.82) is 0 Å². The van der Waals surface area contributed by atoms with Gasteiger partial charge in [-0.2, -0.15) is 0 Å². The van der Waals surface area contributed by atoms with E-state index in [4.69, 9.17) is 11.9 Å². The van der Waals surface area contributed by atoms with E-state index in [1.165, 1.54) is 32.1 Å².